The van der Waals surface area contributed by atoms with Crippen molar-refractivity contribution in [2.45, 2.75) is 13.3 Å². The lowest BCUT2D eigenvalue weighted by Crippen LogP contribution is -2.14. The third kappa shape index (κ3) is 4.56. The van der Waals surface area contributed by atoms with Gasteiger partial charge in [-0.2, -0.15) is 0 Å². The first-order chi connectivity index (χ1) is 10.4. The fourth-order valence-electron chi connectivity index (χ4n) is 1.88. The minimum Gasteiger partial charge on any atom is -0.326 e. The van der Waals surface area contributed by atoms with E-state index in [1.54, 1.807) is 24.3 Å². The number of carbonyl (C=O) groups excluding carboxylic acids is 2. The summed E-state index contributed by atoms with van der Waals surface area (Å²) < 4.78 is 12.9. The van der Waals surface area contributed by atoms with Crippen LogP contribution in [0.3, 0.4) is 0 Å². The summed E-state index contributed by atoms with van der Waals surface area (Å²) in [4.78, 5) is 22.9. The number of anilines is 2. The van der Waals surface area contributed by atoms with E-state index < -0.39 is 5.82 Å². The van der Waals surface area contributed by atoms with E-state index in [0.717, 1.165) is 11.6 Å². The molecule has 0 unspecified atom stereocenters. The summed E-state index contributed by atoms with van der Waals surface area (Å²) in [5.74, 6) is -0.881. The molecule has 0 heterocycles. The van der Waals surface area contributed by atoms with Crippen molar-refractivity contribution in [1.82, 2.24) is 0 Å². The zero-order valence-corrected chi connectivity index (χ0v) is 12.6. The highest BCUT2D eigenvalue weighted by molar-refractivity contribution is 6.33. The van der Waals surface area contributed by atoms with E-state index in [0.29, 0.717) is 11.4 Å². The largest absolute Gasteiger partial charge is 0.326 e. The molecule has 6 heteroatoms. The topological polar surface area (TPSA) is 58.2 Å². The van der Waals surface area contributed by atoms with Gasteiger partial charge in [-0.15, -0.1) is 0 Å². The number of benzene rings is 2. The molecule has 2 aromatic rings. The average molecular weight is 321 g/mol. The molecule has 0 aliphatic heterocycles. The van der Waals surface area contributed by atoms with Crippen molar-refractivity contribution in [3.63, 3.8) is 0 Å². The van der Waals surface area contributed by atoms with Gasteiger partial charge in [-0.3, -0.25) is 9.59 Å². The van der Waals surface area contributed by atoms with Crippen molar-refractivity contribution in [3.8, 4) is 0 Å². The van der Waals surface area contributed by atoms with E-state index in [1.165, 1.54) is 19.1 Å². The van der Waals surface area contributed by atoms with Crippen LogP contribution < -0.4 is 10.6 Å². The van der Waals surface area contributed by atoms with Crippen molar-refractivity contribution in [1.29, 1.82) is 0 Å². The third-order valence-corrected chi connectivity index (χ3v) is 3.16. The van der Waals surface area contributed by atoms with Crippen LogP contribution in [0.15, 0.2) is 42.5 Å². The highest BCUT2D eigenvalue weighted by atomic mass is 35.5. The van der Waals surface area contributed by atoms with Gasteiger partial charge in [0.2, 0.25) is 11.8 Å². The number of nitrogens with one attached hydrogen (secondary N) is 2. The van der Waals surface area contributed by atoms with E-state index in [9.17, 15) is 14.0 Å². The molecule has 2 amide bonds. The first-order valence-electron chi connectivity index (χ1n) is 6.55. The van der Waals surface area contributed by atoms with Crippen molar-refractivity contribution >= 4 is 34.8 Å². The van der Waals surface area contributed by atoms with Crippen LogP contribution >= 0.6 is 11.6 Å². The second-order valence-electron chi connectivity index (χ2n) is 4.73. The van der Waals surface area contributed by atoms with Crippen LogP contribution in [0.25, 0.3) is 0 Å². The Labute approximate surface area is 132 Å². The summed E-state index contributed by atoms with van der Waals surface area (Å²) in [6, 6.07) is 10.7. The van der Waals surface area contributed by atoms with Gasteiger partial charge in [0.05, 0.1) is 17.1 Å². The van der Waals surface area contributed by atoms with Gasteiger partial charge in [0.1, 0.15) is 5.82 Å². The summed E-state index contributed by atoms with van der Waals surface area (Å²) in [6.45, 7) is 1.42. The summed E-state index contributed by atoms with van der Waals surface area (Å²) in [7, 11) is 0. The van der Waals surface area contributed by atoms with Crippen molar-refractivity contribution in [2.24, 2.45) is 0 Å². The van der Waals surface area contributed by atoms with Gasteiger partial charge in [-0.25, -0.2) is 4.39 Å². The number of hydrogen-bond acceptors (Lipinski definition) is 2. The molecule has 0 saturated carbocycles. The Morgan fingerprint density at radius 3 is 2.36 bits per heavy atom. The number of halogens is 2. The second-order valence-corrected chi connectivity index (χ2v) is 5.13. The second kappa shape index (κ2) is 7.04. The van der Waals surface area contributed by atoms with Gasteiger partial charge in [-0.1, -0.05) is 23.7 Å². The number of amides is 2. The van der Waals surface area contributed by atoms with Crippen LogP contribution in [0, 0.1) is 5.82 Å². The first kappa shape index (κ1) is 16.0. The van der Waals surface area contributed by atoms with Gasteiger partial charge in [0.25, 0.3) is 0 Å². The van der Waals surface area contributed by atoms with Crippen molar-refractivity contribution in [3.05, 3.63) is 58.9 Å². The molecule has 0 radical (unpaired) electrons. The van der Waals surface area contributed by atoms with Crippen LogP contribution in [-0.4, -0.2) is 11.8 Å². The number of rotatable bonds is 4. The standard InChI is InChI=1S/C16H14ClFN2O2/c1-10(21)19-13-5-2-11(3-6-13)8-16(22)20-15-7-4-12(18)9-14(15)17/h2-7,9H,8H2,1H3,(H,19,21)(H,20,22). The molecule has 22 heavy (non-hydrogen) atoms. The monoisotopic (exact) mass is 320 g/mol. The van der Waals surface area contributed by atoms with E-state index in [1.807, 2.05) is 0 Å². The van der Waals surface area contributed by atoms with Gasteiger partial charge in [0.15, 0.2) is 0 Å². The van der Waals surface area contributed by atoms with Gasteiger partial charge < -0.3 is 10.6 Å². The maximum absolute atomic E-state index is 12.9. The Kier molecular flexibility index (Phi) is 5.12. The minimum atomic E-state index is -0.462. The summed E-state index contributed by atoms with van der Waals surface area (Å²) in [5, 5.41) is 5.42. The molecule has 2 N–H and O–H groups in total. The van der Waals surface area contributed by atoms with Crippen LogP contribution in [0.1, 0.15) is 12.5 Å². The fraction of sp³-hybridized carbons (Fsp3) is 0.125. The zero-order valence-electron chi connectivity index (χ0n) is 11.8. The smallest absolute Gasteiger partial charge is 0.228 e. The van der Waals surface area contributed by atoms with Crippen LogP contribution in [0.5, 0.6) is 0 Å². The molecule has 0 atom stereocenters. The van der Waals surface area contributed by atoms with Crippen molar-refractivity contribution in [2.75, 3.05) is 10.6 Å². The molecule has 0 fully saturated rings. The van der Waals surface area contributed by atoms with Gasteiger partial charge in [0, 0.05) is 12.6 Å². The lowest BCUT2D eigenvalue weighted by molar-refractivity contribution is -0.116. The van der Waals surface area contributed by atoms with Crippen LogP contribution in [0.2, 0.25) is 5.02 Å². The van der Waals surface area contributed by atoms with E-state index in [4.69, 9.17) is 11.6 Å². The van der Waals surface area contributed by atoms with E-state index >= 15 is 0 Å². The Balaban J connectivity index is 1.98. The predicted octanol–water partition coefficient (Wildman–Crippen LogP) is 3.62. The van der Waals surface area contributed by atoms with Crippen LogP contribution in [-0.2, 0) is 16.0 Å². The Morgan fingerprint density at radius 2 is 1.77 bits per heavy atom. The maximum Gasteiger partial charge on any atom is 0.228 e. The zero-order chi connectivity index (χ0) is 16.1. The molecule has 0 aromatic heterocycles. The molecular formula is C16H14ClFN2O2. The molecular weight excluding hydrogens is 307 g/mol. The van der Waals surface area contributed by atoms with Crippen LogP contribution in [0.4, 0.5) is 15.8 Å². The minimum absolute atomic E-state index is 0.147. The van der Waals surface area contributed by atoms with Crippen molar-refractivity contribution < 1.29 is 14.0 Å². The summed E-state index contributed by atoms with van der Waals surface area (Å²) in [6.07, 6.45) is 0.147. The Morgan fingerprint density at radius 1 is 1.09 bits per heavy atom. The molecule has 0 saturated heterocycles. The number of hydrogen-bond donors (Lipinski definition) is 2. The molecule has 2 aromatic carbocycles. The lowest BCUT2D eigenvalue weighted by Gasteiger charge is -2.08. The van der Waals surface area contributed by atoms with E-state index in [-0.39, 0.29) is 23.3 Å². The highest BCUT2D eigenvalue weighted by Gasteiger charge is 2.08. The molecule has 0 aliphatic carbocycles. The summed E-state index contributed by atoms with van der Waals surface area (Å²) in [5.41, 5.74) is 1.81. The summed E-state index contributed by atoms with van der Waals surface area (Å²) >= 11 is 5.85. The molecule has 114 valence electrons. The highest BCUT2D eigenvalue weighted by Crippen LogP contribution is 2.22. The average Bonchev–Trinajstić information content (AvgIpc) is 2.43. The molecule has 0 aliphatic rings. The number of carbonyl (C=O) groups is 2. The third-order valence-electron chi connectivity index (χ3n) is 2.84. The Hall–Kier alpha value is -2.40. The quantitative estimate of drug-likeness (QED) is 0.904. The Bertz CT molecular complexity index is 702. The molecule has 0 spiro atoms. The maximum atomic E-state index is 12.9. The van der Waals surface area contributed by atoms with E-state index in [2.05, 4.69) is 10.6 Å². The SMILES string of the molecule is CC(=O)Nc1ccc(CC(=O)Nc2ccc(F)cc2Cl)cc1. The van der Waals surface area contributed by atoms with Gasteiger partial charge in [-0.05, 0) is 35.9 Å². The predicted molar refractivity (Wildman–Crippen MR) is 84.5 cm³/mol. The molecule has 4 nitrogen and oxygen atoms in total. The fourth-order valence-corrected chi connectivity index (χ4v) is 2.09. The normalized spacial score (nSPS) is 10.1. The molecule has 0 bridgehead atoms. The first-order valence-corrected chi connectivity index (χ1v) is 6.93. The molecule has 2 rings (SSSR count). The lowest BCUT2D eigenvalue weighted by atomic mass is 10.1. The van der Waals surface area contributed by atoms with Gasteiger partial charge >= 0.3 is 0 Å².